The van der Waals surface area contributed by atoms with Crippen molar-refractivity contribution >= 4 is 11.4 Å². The van der Waals surface area contributed by atoms with E-state index >= 15 is 0 Å². The lowest BCUT2D eigenvalue weighted by Crippen LogP contribution is -2.19. The van der Waals surface area contributed by atoms with Crippen molar-refractivity contribution in [3.63, 3.8) is 0 Å². The van der Waals surface area contributed by atoms with Gasteiger partial charge in [0, 0.05) is 18.2 Å². The number of nitrogens with zero attached hydrogens (tertiary/aromatic N) is 2. The van der Waals surface area contributed by atoms with Crippen molar-refractivity contribution in [3.8, 4) is 6.07 Å². The largest absolute Gasteiger partial charge is 0.381 e. The normalized spacial score (nSPS) is 22.1. The van der Waals surface area contributed by atoms with Crippen LogP contribution in [0.1, 0.15) is 51.0 Å². The first-order valence-electron chi connectivity index (χ1n) is 7.59. The van der Waals surface area contributed by atoms with Gasteiger partial charge in [0.15, 0.2) is 0 Å². The van der Waals surface area contributed by atoms with Gasteiger partial charge in [-0.1, -0.05) is 26.2 Å². The summed E-state index contributed by atoms with van der Waals surface area (Å²) in [6.07, 6.45) is 7.11. The summed E-state index contributed by atoms with van der Waals surface area (Å²) in [4.78, 5) is 10.3. The summed E-state index contributed by atoms with van der Waals surface area (Å²) < 4.78 is 0. The van der Waals surface area contributed by atoms with Crippen LogP contribution in [-0.4, -0.2) is 11.0 Å². The number of nitriles is 1. The third-order valence-corrected chi connectivity index (χ3v) is 4.36. The molecule has 0 heterocycles. The Labute approximate surface area is 125 Å². The Balaban J connectivity index is 2.09. The molecule has 0 aliphatic heterocycles. The van der Waals surface area contributed by atoms with E-state index in [1.54, 1.807) is 6.07 Å². The van der Waals surface area contributed by atoms with E-state index in [-0.39, 0.29) is 5.69 Å². The van der Waals surface area contributed by atoms with Crippen LogP contribution in [0.3, 0.4) is 0 Å². The monoisotopic (exact) mass is 287 g/mol. The average Bonchev–Trinajstić information content (AvgIpc) is 2.72. The van der Waals surface area contributed by atoms with Crippen molar-refractivity contribution in [2.75, 3.05) is 5.32 Å². The van der Waals surface area contributed by atoms with Crippen LogP contribution >= 0.6 is 0 Å². The second-order valence-corrected chi connectivity index (χ2v) is 5.72. The number of nitro groups is 1. The first-order valence-corrected chi connectivity index (χ1v) is 7.59. The summed E-state index contributed by atoms with van der Waals surface area (Å²) >= 11 is 0. The molecule has 0 bridgehead atoms. The van der Waals surface area contributed by atoms with E-state index in [0.717, 1.165) is 18.8 Å². The lowest BCUT2D eigenvalue weighted by Gasteiger charge is -2.18. The van der Waals surface area contributed by atoms with E-state index in [1.165, 1.54) is 37.8 Å². The standard InChI is InChI=1S/C16H21N3O2/c1-2-12-4-3-5-14(7-6-12)18-16-9-8-15(19(20)21)10-13(16)11-17/h8-10,12,14,18H,2-7H2,1H3. The van der Waals surface area contributed by atoms with Crippen LogP contribution in [0.2, 0.25) is 0 Å². The Bertz CT molecular complexity index is 551. The highest BCUT2D eigenvalue weighted by Gasteiger charge is 2.19. The second-order valence-electron chi connectivity index (χ2n) is 5.72. The number of nitrogens with one attached hydrogen (secondary N) is 1. The zero-order valence-corrected chi connectivity index (χ0v) is 12.3. The minimum absolute atomic E-state index is 0.0380. The first-order chi connectivity index (χ1) is 10.1. The molecule has 1 N–H and O–H groups in total. The molecule has 1 aliphatic rings. The molecule has 5 nitrogen and oxygen atoms in total. The van der Waals surface area contributed by atoms with E-state index in [1.807, 2.05) is 6.07 Å². The summed E-state index contributed by atoms with van der Waals surface area (Å²) in [5, 5.41) is 23.3. The molecule has 0 aromatic heterocycles. The Morgan fingerprint density at radius 1 is 1.38 bits per heavy atom. The van der Waals surface area contributed by atoms with E-state index in [0.29, 0.717) is 17.3 Å². The van der Waals surface area contributed by atoms with E-state index in [2.05, 4.69) is 12.2 Å². The van der Waals surface area contributed by atoms with Gasteiger partial charge < -0.3 is 5.32 Å². The van der Waals surface area contributed by atoms with E-state index in [9.17, 15) is 15.4 Å². The van der Waals surface area contributed by atoms with Crippen LogP contribution in [0.4, 0.5) is 11.4 Å². The molecule has 1 aromatic carbocycles. The average molecular weight is 287 g/mol. The minimum Gasteiger partial charge on any atom is -0.381 e. The SMILES string of the molecule is CCC1CCCC(Nc2ccc([N+](=O)[O-])cc2C#N)CC1. The predicted octanol–water partition coefficient (Wildman–Crippen LogP) is 4.24. The first kappa shape index (κ1) is 15.3. The fourth-order valence-corrected chi connectivity index (χ4v) is 3.02. The third kappa shape index (κ3) is 3.94. The van der Waals surface area contributed by atoms with Crippen molar-refractivity contribution in [1.82, 2.24) is 0 Å². The van der Waals surface area contributed by atoms with Crippen molar-refractivity contribution in [2.45, 2.75) is 51.5 Å². The summed E-state index contributed by atoms with van der Waals surface area (Å²) in [6, 6.07) is 6.85. The number of non-ortho nitro benzene ring substituents is 1. The van der Waals surface area contributed by atoms with Crippen molar-refractivity contribution in [1.29, 1.82) is 5.26 Å². The molecule has 1 aromatic rings. The van der Waals surface area contributed by atoms with Crippen LogP contribution in [0, 0.1) is 27.4 Å². The molecule has 1 fully saturated rings. The van der Waals surface area contributed by atoms with Gasteiger partial charge >= 0.3 is 0 Å². The van der Waals surface area contributed by atoms with E-state index < -0.39 is 4.92 Å². The molecule has 21 heavy (non-hydrogen) atoms. The van der Waals surface area contributed by atoms with Crippen LogP contribution in [0.5, 0.6) is 0 Å². The zero-order valence-electron chi connectivity index (χ0n) is 12.3. The van der Waals surface area contributed by atoms with Crippen molar-refractivity contribution < 1.29 is 4.92 Å². The molecule has 0 saturated heterocycles. The van der Waals surface area contributed by atoms with Crippen LogP contribution < -0.4 is 5.32 Å². The topological polar surface area (TPSA) is 79.0 Å². The van der Waals surface area contributed by atoms with Gasteiger partial charge in [-0.05, 0) is 31.2 Å². The molecular formula is C16H21N3O2. The van der Waals surface area contributed by atoms with Crippen molar-refractivity contribution in [2.24, 2.45) is 5.92 Å². The molecular weight excluding hydrogens is 266 g/mol. The molecule has 1 saturated carbocycles. The van der Waals surface area contributed by atoms with Gasteiger partial charge in [-0.3, -0.25) is 10.1 Å². The molecule has 2 rings (SSSR count). The maximum absolute atomic E-state index is 10.8. The van der Waals surface area contributed by atoms with Crippen LogP contribution in [0.15, 0.2) is 18.2 Å². The third-order valence-electron chi connectivity index (χ3n) is 4.36. The van der Waals surface area contributed by atoms with Gasteiger partial charge in [-0.15, -0.1) is 0 Å². The van der Waals surface area contributed by atoms with Gasteiger partial charge in [-0.25, -0.2) is 0 Å². The second kappa shape index (κ2) is 7.07. The Kier molecular flexibility index (Phi) is 5.15. The quantitative estimate of drug-likeness (QED) is 0.510. The summed E-state index contributed by atoms with van der Waals surface area (Å²) in [5.74, 6) is 0.809. The van der Waals surface area contributed by atoms with Gasteiger partial charge in [0.05, 0.1) is 16.2 Å². The lowest BCUT2D eigenvalue weighted by atomic mass is 9.98. The Hall–Kier alpha value is -2.09. The van der Waals surface area contributed by atoms with Gasteiger partial charge in [0.1, 0.15) is 6.07 Å². The fraction of sp³-hybridized carbons (Fsp3) is 0.562. The Morgan fingerprint density at radius 3 is 2.86 bits per heavy atom. The summed E-state index contributed by atoms with van der Waals surface area (Å²) in [7, 11) is 0. The predicted molar refractivity (Wildman–Crippen MR) is 82.1 cm³/mol. The van der Waals surface area contributed by atoms with Gasteiger partial charge in [0.2, 0.25) is 0 Å². The van der Waals surface area contributed by atoms with Gasteiger partial charge in [0.25, 0.3) is 5.69 Å². The molecule has 2 unspecified atom stereocenters. The molecule has 112 valence electrons. The summed E-state index contributed by atoms with van der Waals surface area (Å²) in [6.45, 7) is 2.24. The molecule has 2 atom stereocenters. The molecule has 5 heteroatoms. The molecule has 1 aliphatic carbocycles. The lowest BCUT2D eigenvalue weighted by molar-refractivity contribution is -0.384. The smallest absolute Gasteiger partial charge is 0.270 e. The molecule has 0 spiro atoms. The van der Waals surface area contributed by atoms with Crippen LogP contribution in [-0.2, 0) is 0 Å². The maximum Gasteiger partial charge on any atom is 0.270 e. The molecule has 0 radical (unpaired) electrons. The van der Waals surface area contributed by atoms with Crippen LogP contribution in [0.25, 0.3) is 0 Å². The zero-order chi connectivity index (χ0) is 15.2. The minimum atomic E-state index is -0.470. The number of hydrogen-bond donors (Lipinski definition) is 1. The maximum atomic E-state index is 10.8. The van der Waals surface area contributed by atoms with E-state index in [4.69, 9.17) is 0 Å². The van der Waals surface area contributed by atoms with Crippen molar-refractivity contribution in [3.05, 3.63) is 33.9 Å². The number of hydrogen-bond acceptors (Lipinski definition) is 4. The van der Waals surface area contributed by atoms with Gasteiger partial charge in [-0.2, -0.15) is 5.26 Å². The highest BCUT2D eigenvalue weighted by Crippen LogP contribution is 2.29. The Morgan fingerprint density at radius 2 is 2.19 bits per heavy atom. The fourth-order valence-electron chi connectivity index (χ4n) is 3.02. The number of benzene rings is 1. The molecule has 0 amide bonds. The number of rotatable bonds is 4. The highest BCUT2D eigenvalue weighted by atomic mass is 16.6. The number of nitro benzene ring substituents is 1. The number of anilines is 1. The highest BCUT2D eigenvalue weighted by molar-refractivity contribution is 5.61. The summed E-state index contributed by atoms with van der Waals surface area (Å²) in [5.41, 5.74) is 1.02.